The molecule has 1 aromatic carbocycles. The van der Waals surface area contributed by atoms with E-state index in [9.17, 15) is 22.8 Å². The fraction of sp³-hybridized carbons (Fsp3) is 0.360. The van der Waals surface area contributed by atoms with Crippen molar-refractivity contribution in [2.24, 2.45) is 0 Å². The van der Waals surface area contributed by atoms with Gasteiger partial charge in [-0.15, -0.1) is 0 Å². The maximum Gasteiger partial charge on any atom is 0.417 e. The van der Waals surface area contributed by atoms with Crippen molar-refractivity contribution < 1.29 is 27.5 Å². The number of alkyl halides is 3. The highest BCUT2D eigenvalue weighted by molar-refractivity contribution is 6.12. The molecule has 0 unspecified atom stereocenters. The second kappa shape index (κ2) is 9.38. The lowest BCUT2D eigenvalue weighted by Gasteiger charge is -2.35. The van der Waals surface area contributed by atoms with E-state index in [1.165, 1.54) is 11.1 Å². The van der Waals surface area contributed by atoms with Crippen molar-refractivity contribution in [3.63, 3.8) is 0 Å². The quantitative estimate of drug-likeness (QED) is 0.492. The molecule has 36 heavy (non-hydrogen) atoms. The molecule has 0 bridgehead atoms. The molecule has 0 saturated carbocycles. The number of methoxy groups -OCH3 is 1. The number of aromatic nitrogens is 2. The number of pyridine rings is 2. The molecule has 2 aliphatic rings. The summed E-state index contributed by atoms with van der Waals surface area (Å²) in [5.74, 6) is 0.327. The Labute approximate surface area is 205 Å². The lowest BCUT2D eigenvalue weighted by molar-refractivity contribution is -0.137. The number of halogens is 3. The van der Waals surface area contributed by atoms with Crippen LogP contribution in [0.1, 0.15) is 24.0 Å². The van der Waals surface area contributed by atoms with Gasteiger partial charge in [0, 0.05) is 49.5 Å². The van der Waals surface area contributed by atoms with E-state index in [-0.39, 0.29) is 18.3 Å². The minimum Gasteiger partial charge on any atom is -0.497 e. The van der Waals surface area contributed by atoms with E-state index in [1.807, 2.05) is 24.3 Å². The van der Waals surface area contributed by atoms with Crippen LogP contribution in [0.4, 0.5) is 23.7 Å². The van der Waals surface area contributed by atoms with Crippen LogP contribution in [0.3, 0.4) is 0 Å². The average molecular weight is 499 g/mol. The number of urea groups is 1. The number of carbonyl (C=O) groups excluding carboxylic acids is 2. The van der Waals surface area contributed by atoms with Crippen LogP contribution in [-0.4, -0.2) is 64.5 Å². The summed E-state index contributed by atoms with van der Waals surface area (Å²) < 4.78 is 44.5. The van der Waals surface area contributed by atoms with E-state index in [4.69, 9.17) is 4.74 Å². The summed E-state index contributed by atoms with van der Waals surface area (Å²) in [6, 6.07) is 7.70. The van der Waals surface area contributed by atoms with Crippen molar-refractivity contribution in [2.75, 3.05) is 31.6 Å². The Kier molecular flexibility index (Phi) is 6.25. The summed E-state index contributed by atoms with van der Waals surface area (Å²) in [6.45, 7) is 1.75. The van der Waals surface area contributed by atoms with Gasteiger partial charge in [-0.2, -0.15) is 13.2 Å². The number of benzene rings is 1. The van der Waals surface area contributed by atoms with Gasteiger partial charge in [0.2, 0.25) is 0 Å². The molecule has 3 amide bonds. The highest BCUT2D eigenvalue weighted by Crippen LogP contribution is 2.33. The van der Waals surface area contributed by atoms with Crippen molar-refractivity contribution in [3.05, 3.63) is 60.0 Å². The Hall–Kier alpha value is -3.73. The van der Waals surface area contributed by atoms with E-state index in [0.717, 1.165) is 33.2 Å². The second-order valence-electron chi connectivity index (χ2n) is 8.92. The number of rotatable bonds is 5. The predicted octanol–water partition coefficient (Wildman–Crippen LogP) is 4.09. The summed E-state index contributed by atoms with van der Waals surface area (Å²) in [5, 5.41) is 1.04. The monoisotopic (exact) mass is 499 g/mol. The third-order valence-electron chi connectivity index (χ3n) is 6.72. The van der Waals surface area contributed by atoms with Crippen molar-refractivity contribution in [1.82, 2.24) is 19.8 Å². The SMILES string of the molecule is COc1ccc2c(CN3CCC(N4C(=O)CN(c5cncc(C(F)(F)F)c5)C4=O)CC3)ccnc2c1. The molecule has 0 atom stereocenters. The first kappa shape index (κ1) is 24.0. The van der Waals surface area contributed by atoms with Gasteiger partial charge >= 0.3 is 12.2 Å². The minimum absolute atomic E-state index is 0.0377. The fourth-order valence-electron chi connectivity index (χ4n) is 4.84. The summed E-state index contributed by atoms with van der Waals surface area (Å²) in [4.78, 5) is 38.3. The Morgan fingerprint density at radius 3 is 2.58 bits per heavy atom. The molecule has 2 aromatic heterocycles. The lowest BCUT2D eigenvalue weighted by Crippen LogP contribution is -2.47. The molecule has 3 aromatic rings. The molecule has 188 valence electrons. The van der Waals surface area contributed by atoms with Crippen LogP contribution in [0.5, 0.6) is 5.75 Å². The zero-order valence-corrected chi connectivity index (χ0v) is 19.5. The van der Waals surface area contributed by atoms with E-state index >= 15 is 0 Å². The predicted molar refractivity (Wildman–Crippen MR) is 125 cm³/mol. The van der Waals surface area contributed by atoms with E-state index in [2.05, 4.69) is 14.9 Å². The van der Waals surface area contributed by atoms with Crippen molar-refractivity contribution >= 4 is 28.5 Å². The zero-order chi connectivity index (χ0) is 25.4. The van der Waals surface area contributed by atoms with Crippen LogP contribution in [-0.2, 0) is 17.5 Å². The largest absolute Gasteiger partial charge is 0.497 e. The van der Waals surface area contributed by atoms with Crippen LogP contribution in [0, 0.1) is 0 Å². The molecule has 11 heteroatoms. The summed E-state index contributed by atoms with van der Waals surface area (Å²) in [7, 11) is 1.61. The smallest absolute Gasteiger partial charge is 0.417 e. The van der Waals surface area contributed by atoms with Crippen molar-refractivity contribution in [3.8, 4) is 5.75 Å². The van der Waals surface area contributed by atoms with Gasteiger partial charge in [-0.05, 0) is 42.7 Å². The van der Waals surface area contributed by atoms with Crippen molar-refractivity contribution in [1.29, 1.82) is 0 Å². The third kappa shape index (κ3) is 4.58. The van der Waals surface area contributed by atoms with Gasteiger partial charge < -0.3 is 4.74 Å². The number of hydrogen-bond donors (Lipinski definition) is 0. The van der Waals surface area contributed by atoms with E-state index in [0.29, 0.717) is 38.7 Å². The van der Waals surface area contributed by atoms with Crippen LogP contribution in [0.15, 0.2) is 48.9 Å². The maximum absolute atomic E-state index is 13.1. The van der Waals surface area contributed by atoms with Crippen molar-refractivity contribution in [2.45, 2.75) is 31.6 Å². The number of carbonyl (C=O) groups is 2. The molecule has 2 fully saturated rings. The molecule has 8 nitrogen and oxygen atoms in total. The highest BCUT2D eigenvalue weighted by Gasteiger charge is 2.43. The first-order valence-corrected chi connectivity index (χ1v) is 11.5. The van der Waals surface area contributed by atoms with Crippen LogP contribution >= 0.6 is 0 Å². The first-order chi connectivity index (χ1) is 17.2. The lowest BCUT2D eigenvalue weighted by atomic mass is 10.0. The maximum atomic E-state index is 13.1. The molecule has 4 heterocycles. The standard InChI is InChI=1S/C25H24F3N5O3/c1-36-20-2-3-21-16(4-7-30-22(21)11-20)14-31-8-5-18(6-9-31)33-23(34)15-32(24(33)35)19-10-17(12-29-13-19)25(26,27)28/h2-4,7,10-13,18H,5-6,8-9,14-15H2,1H3. The van der Waals surface area contributed by atoms with Gasteiger partial charge in [0.1, 0.15) is 12.3 Å². The molecule has 0 spiro atoms. The molecule has 0 N–H and O–H groups in total. The van der Waals surface area contributed by atoms with Gasteiger partial charge in [-0.3, -0.25) is 29.5 Å². The van der Waals surface area contributed by atoms with Gasteiger partial charge in [0.15, 0.2) is 0 Å². The van der Waals surface area contributed by atoms with E-state index < -0.39 is 23.7 Å². The van der Waals surface area contributed by atoms with Gasteiger partial charge in [0.25, 0.3) is 5.91 Å². The number of anilines is 1. The third-order valence-corrected chi connectivity index (χ3v) is 6.72. The average Bonchev–Trinajstić information content (AvgIpc) is 3.17. The van der Waals surface area contributed by atoms with Gasteiger partial charge in [-0.1, -0.05) is 0 Å². The number of imide groups is 1. The number of fused-ring (bicyclic) bond motifs is 1. The Balaban J connectivity index is 1.25. The fourth-order valence-corrected chi connectivity index (χ4v) is 4.84. The number of likely N-dealkylation sites (tertiary alicyclic amines) is 1. The number of nitrogens with zero attached hydrogens (tertiary/aromatic N) is 5. The molecule has 0 aliphatic carbocycles. The highest BCUT2D eigenvalue weighted by atomic mass is 19.4. The first-order valence-electron chi connectivity index (χ1n) is 11.5. The topological polar surface area (TPSA) is 78.9 Å². The van der Waals surface area contributed by atoms with Gasteiger partial charge in [0.05, 0.1) is 30.1 Å². The Morgan fingerprint density at radius 1 is 1.08 bits per heavy atom. The van der Waals surface area contributed by atoms with Gasteiger partial charge in [-0.25, -0.2) is 4.79 Å². The number of hydrogen-bond acceptors (Lipinski definition) is 6. The summed E-state index contributed by atoms with van der Waals surface area (Å²) in [6.07, 6.45) is 0.214. The molecular weight excluding hydrogens is 475 g/mol. The minimum atomic E-state index is -4.59. The molecule has 0 radical (unpaired) electrons. The van der Waals surface area contributed by atoms with Crippen LogP contribution < -0.4 is 9.64 Å². The Bertz CT molecular complexity index is 1310. The number of ether oxygens (including phenoxy) is 1. The molecule has 5 rings (SSSR count). The molecular formula is C25H24F3N5O3. The summed E-state index contributed by atoms with van der Waals surface area (Å²) in [5.41, 5.74) is 0.968. The number of amides is 3. The number of piperidine rings is 1. The summed E-state index contributed by atoms with van der Waals surface area (Å²) >= 11 is 0. The van der Waals surface area contributed by atoms with Crippen LogP contribution in [0.25, 0.3) is 10.9 Å². The zero-order valence-electron chi connectivity index (χ0n) is 19.5. The normalized spacial score (nSPS) is 17.9. The van der Waals surface area contributed by atoms with E-state index in [1.54, 1.807) is 13.3 Å². The molecule has 2 aliphatic heterocycles. The second-order valence-corrected chi connectivity index (χ2v) is 8.92. The van der Waals surface area contributed by atoms with Crippen LogP contribution in [0.2, 0.25) is 0 Å². The Morgan fingerprint density at radius 2 is 1.86 bits per heavy atom. The molecule has 2 saturated heterocycles.